The molecular weight excluding hydrogens is 280 g/mol. The van der Waals surface area contributed by atoms with Crippen molar-refractivity contribution >= 4 is 11.5 Å². The monoisotopic (exact) mass is 302 g/mol. The van der Waals surface area contributed by atoms with Gasteiger partial charge in [0.25, 0.3) is 0 Å². The van der Waals surface area contributed by atoms with Crippen molar-refractivity contribution in [3.05, 3.63) is 24.8 Å². The first-order valence-corrected chi connectivity index (χ1v) is 7.72. The van der Waals surface area contributed by atoms with E-state index >= 15 is 0 Å². The molecule has 2 N–H and O–H groups in total. The molecule has 2 aromatic heterocycles. The first-order valence-electron chi connectivity index (χ1n) is 7.72. The Kier molecular flexibility index (Phi) is 4.53. The zero-order valence-corrected chi connectivity index (χ0v) is 12.9. The molecule has 0 aliphatic carbocycles. The van der Waals surface area contributed by atoms with Gasteiger partial charge in [-0.15, -0.1) is 0 Å². The van der Waals surface area contributed by atoms with E-state index in [2.05, 4.69) is 20.0 Å². The molecule has 0 amide bonds. The average molecular weight is 302 g/mol. The number of hydrogen-bond acceptors (Lipinski definition) is 6. The lowest BCUT2D eigenvalue weighted by molar-refractivity contribution is 0.100. The normalized spacial score (nSPS) is 16.1. The summed E-state index contributed by atoms with van der Waals surface area (Å²) in [6.07, 6.45) is 7.29. The second kappa shape index (κ2) is 6.74. The standard InChI is InChI=1S/C15H22N6O/c1-2-22-10-12-4-8-20(9-5-12)14-13(16)15(18-11-17-14)21-7-3-6-19-21/h3,6-7,11-12H,2,4-5,8-10,16H2,1H3. The van der Waals surface area contributed by atoms with Crippen LogP contribution >= 0.6 is 0 Å². The van der Waals surface area contributed by atoms with Gasteiger partial charge in [0.2, 0.25) is 0 Å². The van der Waals surface area contributed by atoms with E-state index in [1.54, 1.807) is 17.2 Å². The third kappa shape index (κ3) is 3.04. The largest absolute Gasteiger partial charge is 0.393 e. The lowest BCUT2D eigenvalue weighted by Crippen LogP contribution is -2.36. The molecule has 0 aromatic carbocycles. The molecule has 2 aromatic rings. The molecule has 0 saturated carbocycles. The van der Waals surface area contributed by atoms with E-state index in [1.807, 2.05) is 19.2 Å². The number of nitrogens with two attached hydrogens (primary N) is 1. The number of nitrogen functional groups attached to an aromatic ring is 1. The molecular formula is C15H22N6O. The summed E-state index contributed by atoms with van der Waals surface area (Å²) < 4.78 is 7.19. The maximum absolute atomic E-state index is 6.27. The summed E-state index contributed by atoms with van der Waals surface area (Å²) in [5.41, 5.74) is 6.85. The number of nitrogens with zero attached hydrogens (tertiary/aromatic N) is 5. The van der Waals surface area contributed by atoms with Crippen molar-refractivity contribution < 1.29 is 4.74 Å². The molecule has 0 atom stereocenters. The topological polar surface area (TPSA) is 82.1 Å². The van der Waals surface area contributed by atoms with E-state index in [0.717, 1.165) is 45.0 Å². The summed E-state index contributed by atoms with van der Waals surface area (Å²) in [4.78, 5) is 10.9. The van der Waals surface area contributed by atoms with Crippen LogP contribution in [0.25, 0.3) is 5.82 Å². The Morgan fingerprint density at radius 1 is 1.27 bits per heavy atom. The minimum Gasteiger partial charge on any atom is -0.393 e. The maximum atomic E-state index is 6.27. The molecule has 0 radical (unpaired) electrons. The zero-order valence-electron chi connectivity index (χ0n) is 12.9. The van der Waals surface area contributed by atoms with Crippen LogP contribution in [-0.4, -0.2) is 46.1 Å². The Labute approximate surface area is 130 Å². The first kappa shape index (κ1) is 14.8. The summed E-state index contributed by atoms with van der Waals surface area (Å²) in [6.45, 7) is 5.55. The minimum atomic E-state index is 0.578. The van der Waals surface area contributed by atoms with Gasteiger partial charge in [-0.2, -0.15) is 5.10 Å². The minimum absolute atomic E-state index is 0.578. The van der Waals surface area contributed by atoms with E-state index in [9.17, 15) is 0 Å². The highest BCUT2D eigenvalue weighted by Crippen LogP contribution is 2.28. The van der Waals surface area contributed by atoms with Crippen LogP contribution in [-0.2, 0) is 4.74 Å². The van der Waals surface area contributed by atoms with Gasteiger partial charge in [0.05, 0.1) is 0 Å². The predicted molar refractivity (Wildman–Crippen MR) is 85.0 cm³/mol. The van der Waals surface area contributed by atoms with Crippen LogP contribution in [0.5, 0.6) is 0 Å². The summed E-state index contributed by atoms with van der Waals surface area (Å²) >= 11 is 0. The van der Waals surface area contributed by atoms with Crippen LogP contribution in [0.15, 0.2) is 24.8 Å². The van der Waals surface area contributed by atoms with E-state index < -0.39 is 0 Å². The molecule has 1 aliphatic rings. The van der Waals surface area contributed by atoms with Crippen LogP contribution in [0, 0.1) is 5.92 Å². The molecule has 0 unspecified atom stereocenters. The Balaban J connectivity index is 1.72. The Bertz CT molecular complexity index is 592. The van der Waals surface area contributed by atoms with Crippen molar-refractivity contribution in [3.63, 3.8) is 0 Å². The Morgan fingerprint density at radius 2 is 2.05 bits per heavy atom. The number of aromatic nitrogens is 4. The molecule has 3 heterocycles. The van der Waals surface area contributed by atoms with E-state index in [4.69, 9.17) is 10.5 Å². The third-order valence-electron chi connectivity index (χ3n) is 4.03. The van der Waals surface area contributed by atoms with Gasteiger partial charge in [0, 0.05) is 38.7 Å². The van der Waals surface area contributed by atoms with Crippen LogP contribution in [0.2, 0.25) is 0 Å². The molecule has 1 aliphatic heterocycles. The van der Waals surface area contributed by atoms with E-state index in [0.29, 0.717) is 17.4 Å². The van der Waals surface area contributed by atoms with Crippen molar-refractivity contribution in [3.8, 4) is 5.82 Å². The smallest absolute Gasteiger partial charge is 0.181 e. The van der Waals surface area contributed by atoms with E-state index in [1.165, 1.54) is 0 Å². The van der Waals surface area contributed by atoms with Gasteiger partial charge in [-0.25, -0.2) is 14.6 Å². The highest BCUT2D eigenvalue weighted by molar-refractivity contribution is 5.70. The van der Waals surface area contributed by atoms with Crippen molar-refractivity contribution in [2.45, 2.75) is 19.8 Å². The highest BCUT2D eigenvalue weighted by atomic mass is 16.5. The fourth-order valence-corrected chi connectivity index (χ4v) is 2.80. The molecule has 22 heavy (non-hydrogen) atoms. The van der Waals surface area contributed by atoms with Crippen LogP contribution in [0.4, 0.5) is 11.5 Å². The van der Waals surface area contributed by atoms with Crippen molar-refractivity contribution in [2.75, 3.05) is 36.9 Å². The average Bonchev–Trinajstić information content (AvgIpc) is 3.08. The van der Waals surface area contributed by atoms with Gasteiger partial charge in [-0.3, -0.25) is 0 Å². The summed E-state index contributed by atoms with van der Waals surface area (Å²) in [5.74, 6) is 2.06. The Hall–Kier alpha value is -2.15. The molecule has 0 spiro atoms. The molecule has 1 saturated heterocycles. The first-order chi connectivity index (χ1) is 10.8. The number of ether oxygens (including phenoxy) is 1. The molecule has 1 fully saturated rings. The molecule has 118 valence electrons. The predicted octanol–water partition coefficient (Wildman–Crippen LogP) is 1.50. The molecule has 3 rings (SSSR count). The molecule has 7 heteroatoms. The molecule has 7 nitrogen and oxygen atoms in total. The summed E-state index contributed by atoms with van der Waals surface area (Å²) in [6, 6.07) is 1.85. The van der Waals surface area contributed by atoms with Crippen LogP contribution in [0.3, 0.4) is 0 Å². The van der Waals surface area contributed by atoms with Crippen molar-refractivity contribution in [1.82, 2.24) is 19.7 Å². The summed E-state index contributed by atoms with van der Waals surface area (Å²) in [5, 5.41) is 4.19. The zero-order chi connectivity index (χ0) is 15.4. The highest BCUT2D eigenvalue weighted by Gasteiger charge is 2.23. The number of hydrogen-bond donors (Lipinski definition) is 1. The van der Waals surface area contributed by atoms with Gasteiger partial charge >= 0.3 is 0 Å². The SMILES string of the molecule is CCOCC1CCN(c2ncnc(-n3cccn3)c2N)CC1. The van der Waals surface area contributed by atoms with Crippen molar-refractivity contribution in [1.29, 1.82) is 0 Å². The number of anilines is 2. The fraction of sp³-hybridized carbons (Fsp3) is 0.533. The van der Waals surface area contributed by atoms with Gasteiger partial charge < -0.3 is 15.4 Å². The van der Waals surface area contributed by atoms with Gasteiger partial charge in [-0.1, -0.05) is 0 Å². The second-order valence-electron chi connectivity index (χ2n) is 5.48. The van der Waals surface area contributed by atoms with Gasteiger partial charge in [0.15, 0.2) is 11.6 Å². The fourth-order valence-electron chi connectivity index (χ4n) is 2.80. The van der Waals surface area contributed by atoms with Crippen LogP contribution in [0.1, 0.15) is 19.8 Å². The lowest BCUT2D eigenvalue weighted by atomic mass is 9.98. The van der Waals surface area contributed by atoms with Crippen LogP contribution < -0.4 is 10.6 Å². The lowest BCUT2D eigenvalue weighted by Gasteiger charge is -2.33. The second-order valence-corrected chi connectivity index (χ2v) is 5.48. The summed E-state index contributed by atoms with van der Waals surface area (Å²) in [7, 11) is 0. The molecule has 0 bridgehead atoms. The number of rotatable bonds is 5. The van der Waals surface area contributed by atoms with Crippen molar-refractivity contribution in [2.24, 2.45) is 5.92 Å². The van der Waals surface area contributed by atoms with E-state index in [-0.39, 0.29) is 0 Å². The quantitative estimate of drug-likeness (QED) is 0.901. The van der Waals surface area contributed by atoms with Gasteiger partial charge in [-0.05, 0) is 31.7 Å². The van der Waals surface area contributed by atoms with Gasteiger partial charge in [0.1, 0.15) is 12.0 Å². The number of piperidine rings is 1. The Morgan fingerprint density at radius 3 is 2.73 bits per heavy atom. The maximum Gasteiger partial charge on any atom is 0.181 e. The third-order valence-corrected chi connectivity index (χ3v) is 4.03.